The highest BCUT2D eigenvalue weighted by molar-refractivity contribution is 14.1. The number of hydrogen-bond acceptors (Lipinski definition) is 12. The van der Waals surface area contributed by atoms with Gasteiger partial charge in [-0.05, 0) is 80.6 Å². The molecule has 58 heavy (non-hydrogen) atoms. The number of nitrogens with two attached hydrogens (primary N) is 2. The number of rotatable bonds is 9. The molecule has 1 aliphatic rings. The molecule has 0 amide bonds. The van der Waals surface area contributed by atoms with E-state index in [4.69, 9.17) is 128 Å². The van der Waals surface area contributed by atoms with E-state index in [0.29, 0.717) is 93.0 Å². The summed E-state index contributed by atoms with van der Waals surface area (Å²) in [5.74, 6) is 3.92. The zero-order valence-electron chi connectivity index (χ0n) is 33.9. The van der Waals surface area contributed by atoms with Crippen LogP contribution >= 0.6 is 92.2 Å². The third-order valence-electron chi connectivity index (χ3n) is 8.59. The summed E-state index contributed by atoms with van der Waals surface area (Å²) >= 11 is 38.0. The lowest BCUT2D eigenvalue weighted by Crippen LogP contribution is -2.41. The van der Waals surface area contributed by atoms with E-state index < -0.39 is 18.3 Å². The Kier molecular flexibility index (Phi) is 20.2. The van der Waals surface area contributed by atoms with Crippen LogP contribution in [0.25, 0.3) is 0 Å². The van der Waals surface area contributed by atoms with Crippen LogP contribution in [0.5, 0.6) is 46.0 Å². The highest BCUT2D eigenvalue weighted by Gasteiger charge is 2.53. The molecule has 4 N–H and O–H groups in total. The average molecular weight is 1040 g/mol. The van der Waals surface area contributed by atoms with Crippen LogP contribution in [-0.4, -0.2) is 75.2 Å². The van der Waals surface area contributed by atoms with Crippen LogP contribution in [-0.2, 0) is 9.31 Å². The maximum absolute atomic E-state index is 6.33. The van der Waals surface area contributed by atoms with Crippen molar-refractivity contribution in [2.24, 2.45) is 0 Å². The van der Waals surface area contributed by atoms with Crippen molar-refractivity contribution in [1.29, 1.82) is 0 Å². The Morgan fingerprint density at radius 1 is 0.500 bits per heavy atom. The molecule has 1 heterocycles. The number of hydrogen-bond donors (Lipinski definition) is 2. The second-order valence-corrected chi connectivity index (χ2v) is 16.1. The summed E-state index contributed by atoms with van der Waals surface area (Å²) in [4.78, 5) is 0. The summed E-state index contributed by atoms with van der Waals surface area (Å²) in [6.07, 6.45) is 0. The number of benzene rings is 4. The molecule has 0 radical (unpaired) electrons. The van der Waals surface area contributed by atoms with Gasteiger partial charge in [-0.15, -0.1) is 0 Å². The van der Waals surface area contributed by atoms with E-state index in [-0.39, 0.29) is 0 Å². The number of para-hydroxylation sites is 1. The van der Waals surface area contributed by atoms with Gasteiger partial charge in [0.2, 0.25) is 0 Å². The van der Waals surface area contributed by atoms with Gasteiger partial charge in [-0.2, -0.15) is 0 Å². The monoisotopic (exact) mass is 1040 g/mol. The van der Waals surface area contributed by atoms with Crippen molar-refractivity contribution in [1.82, 2.24) is 0 Å². The quantitative estimate of drug-likeness (QED) is 0.0713. The van der Waals surface area contributed by atoms with Crippen molar-refractivity contribution in [3.8, 4) is 46.0 Å². The Balaban J connectivity index is 0.000000277. The fourth-order valence-corrected chi connectivity index (χ4v) is 7.27. The second-order valence-electron chi connectivity index (χ2n) is 12.5. The van der Waals surface area contributed by atoms with Gasteiger partial charge in [-0.1, -0.05) is 75.7 Å². The summed E-state index contributed by atoms with van der Waals surface area (Å²) in [5, 5.41) is 2.52. The lowest BCUT2D eigenvalue weighted by Gasteiger charge is -2.32. The molecular weight excluding hydrogens is 995 g/mol. The summed E-state index contributed by atoms with van der Waals surface area (Å²) in [5.41, 5.74) is 11.8. The lowest BCUT2D eigenvalue weighted by atomic mass is 9.78. The van der Waals surface area contributed by atoms with Crippen LogP contribution in [0.1, 0.15) is 27.7 Å². The number of ether oxygens (including phenoxy) is 8. The van der Waals surface area contributed by atoms with Crippen molar-refractivity contribution in [2.75, 3.05) is 68.3 Å². The van der Waals surface area contributed by atoms with Crippen molar-refractivity contribution in [3.05, 3.63) is 70.1 Å². The summed E-state index contributed by atoms with van der Waals surface area (Å²) in [6.45, 7) is 7.89. The normalized spacial score (nSPS) is 13.3. The minimum Gasteiger partial charge on any atom is -0.493 e. The molecule has 4 aromatic carbocycles. The van der Waals surface area contributed by atoms with Crippen LogP contribution in [0.2, 0.25) is 30.1 Å². The lowest BCUT2D eigenvalue weighted by molar-refractivity contribution is 0.00578. The molecule has 4 aromatic rings. The Morgan fingerprint density at radius 3 is 1.31 bits per heavy atom. The molecule has 20 heteroatoms. The fraction of sp³-hybridized carbons (Fsp3) is 0.368. The van der Waals surface area contributed by atoms with E-state index in [2.05, 4.69) is 22.6 Å². The average Bonchev–Trinajstić information content (AvgIpc) is 3.39. The zero-order chi connectivity index (χ0) is 44.3. The molecule has 0 atom stereocenters. The number of halogens is 7. The van der Waals surface area contributed by atoms with Crippen LogP contribution in [0.15, 0.2) is 36.4 Å². The van der Waals surface area contributed by atoms with E-state index in [1.807, 2.05) is 33.8 Å². The fourth-order valence-electron chi connectivity index (χ4n) is 5.00. The molecule has 1 fully saturated rings. The highest BCUT2D eigenvalue weighted by Crippen LogP contribution is 2.45. The third-order valence-corrected chi connectivity index (χ3v) is 11.7. The van der Waals surface area contributed by atoms with Crippen molar-refractivity contribution < 1.29 is 47.2 Å². The molecule has 5 rings (SSSR count). The minimum atomic E-state index is -0.649. The van der Waals surface area contributed by atoms with E-state index >= 15 is 0 Å². The van der Waals surface area contributed by atoms with Crippen LogP contribution < -0.4 is 54.8 Å². The number of anilines is 2. The van der Waals surface area contributed by atoms with Crippen LogP contribution in [0.3, 0.4) is 0 Å². The van der Waals surface area contributed by atoms with Gasteiger partial charge in [0.15, 0.2) is 46.0 Å². The zero-order valence-corrected chi connectivity index (χ0v) is 40.6. The molecule has 0 saturated carbocycles. The third kappa shape index (κ3) is 12.0. The molecule has 1 saturated heterocycles. The largest absolute Gasteiger partial charge is 0.500 e. The first-order valence-corrected chi connectivity index (χ1v) is 20.0. The first kappa shape index (κ1) is 51.5. The Hall–Kier alpha value is -2.67. The Morgan fingerprint density at radius 2 is 0.897 bits per heavy atom. The summed E-state index contributed by atoms with van der Waals surface area (Å²) < 4.78 is 53.8. The molecule has 0 bridgehead atoms. The topological polar surface area (TPSA) is 144 Å². The molecule has 0 aromatic heterocycles. The number of methoxy groups -OCH3 is 8. The molecule has 320 valence electrons. The summed E-state index contributed by atoms with van der Waals surface area (Å²) in [6, 6.07) is 10.1. The molecule has 12 nitrogen and oxygen atoms in total. The van der Waals surface area contributed by atoms with Crippen molar-refractivity contribution in [2.45, 2.75) is 38.9 Å². The van der Waals surface area contributed by atoms with E-state index in [0.717, 1.165) is 3.57 Å². The summed E-state index contributed by atoms with van der Waals surface area (Å²) in [7, 11) is 11.6. The number of nitrogen functional groups attached to an aromatic ring is 2. The Labute approximate surface area is 384 Å². The smallest absolute Gasteiger partial charge is 0.493 e. The highest BCUT2D eigenvalue weighted by atomic mass is 127. The van der Waals surface area contributed by atoms with Gasteiger partial charge in [0, 0.05) is 10.5 Å². The predicted molar refractivity (Wildman–Crippen MR) is 246 cm³/mol. The van der Waals surface area contributed by atoms with Gasteiger partial charge in [0.25, 0.3) is 0 Å². The van der Waals surface area contributed by atoms with Gasteiger partial charge in [0.1, 0.15) is 0 Å². The van der Waals surface area contributed by atoms with Gasteiger partial charge in [-0.25, -0.2) is 0 Å². The predicted octanol–water partition coefficient (Wildman–Crippen LogP) is 10.8. The van der Waals surface area contributed by atoms with E-state index in [1.54, 1.807) is 45.6 Å². The molecule has 0 spiro atoms. The first-order chi connectivity index (χ1) is 27.2. The molecular formula is C38H46BCl6IN2O10. The van der Waals surface area contributed by atoms with Gasteiger partial charge >= 0.3 is 7.12 Å². The van der Waals surface area contributed by atoms with Gasteiger partial charge in [-0.3, -0.25) is 0 Å². The SMILES string of the molecule is COc1c(Cl)cc(Cl)c(B2OC(C)(C)C(C)(C)O2)c1OC.COc1c(Cl)cc(Cl)c(I)c1OC.COc1c(Cl)cc(Cl)c(N)c1OC.COc1cccc(N)c1OC. The first-order valence-electron chi connectivity index (χ1n) is 16.7. The van der Waals surface area contributed by atoms with Crippen molar-refractivity contribution >= 4 is 116 Å². The van der Waals surface area contributed by atoms with E-state index in [1.165, 1.54) is 41.6 Å². The standard InChI is InChI=1S/C14H19BCl2O4.C8H7Cl2IO2.C8H9Cl2NO2.C8H11NO2/c1-13(2)14(3,4)21-15(20-13)10-8(16)7-9(17)11(18-5)12(10)19-6;2*1-12-7-5(10)3-4(9)6(11)8(7)13-2;1-10-7-5-3-4-6(9)8(7)11-2/h7H,1-6H3;3H,1-2H3;3H,11H2,1-2H3;3-5H,9H2,1-2H3. The minimum absolute atomic E-state index is 0.324. The second kappa shape index (κ2) is 22.8. The van der Waals surface area contributed by atoms with Crippen molar-refractivity contribution in [3.63, 3.8) is 0 Å². The molecule has 0 unspecified atom stereocenters. The molecule has 1 aliphatic heterocycles. The maximum Gasteiger partial charge on any atom is 0.500 e. The van der Waals surface area contributed by atoms with Crippen LogP contribution in [0, 0.1) is 3.57 Å². The maximum atomic E-state index is 6.33. The van der Waals surface area contributed by atoms with Gasteiger partial charge in [0.05, 0.1) is 108 Å². The van der Waals surface area contributed by atoms with E-state index in [9.17, 15) is 0 Å². The molecule has 0 aliphatic carbocycles. The van der Waals surface area contributed by atoms with Crippen LogP contribution in [0.4, 0.5) is 11.4 Å². The Bertz CT molecular complexity index is 1950. The van der Waals surface area contributed by atoms with Gasteiger partial charge < -0.3 is 58.7 Å².